The molecule has 0 radical (unpaired) electrons. The number of nitrogens with one attached hydrogen (secondary N) is 1. The van der Waals surface area contributed by atoms with Crippen LogP contribution in [0.4, 0.5) is 0 Å². The maximum absolute atomic E-state index is 11.5. The van der Waals surface area contributed by atoms with Crippen molar-refractivity contribution in [3.8, 4) is 0 Å². The molecule has 0 saturated heterocycles. The van der Waals surface area contributed by atoms with E-state index in [1.165, 1.54) is 26.2 Å². The lowest BCUT2D eigenvalue weighted by Crippen LogP contribution is -2.07. The maximum atomic E-state index is 11.5. The Morgan fingerprint density at radius 3 is 2.22 bits per heavy atom. The van der Waals surface area contributed by atoms with Crippen molar-refractivity contribution in [1.82, 2.24) is 5.32 Å². The number of hydrogen-bond acceptors (Lipinski definition) is 4. The third-order valence-corrected chi connectivity index (χ3v) is 2.79. The molecule has 1 N–H and O–H groups in total. The van der Waals surface area contributed by atoms with Gasteiger partial charge in [0, 0.05) is 19.8 Å². The number of Topliss-reactive ketones (excluding diaryl/α,β-unsaturated/α-hetero) is 1. The van der Waals surface area contributed by atoms with E-state index in [9.17, 15) is 9.59 Å². The van der Waals surface area contributed by atoms with E-state index in [1.54, 1.807) is 0 Å². The number of carbonyl (C=O) groups is 2. The molecule has 4 heteroatoms. The van der Waals surface area contributed by atoms with E-state index in [-0.39, 0.29) is 11.8 Å². The minimum absolute atomic E-state index is 0.274. The van der Waals surface area contributed by atoms with Crippen LogP contribution < -0.4 is 5.32 Å². The van der Waals surface area contributed by atoms with E-state index in [0.717, 1.165) is 19.4 Å². The quantitative estimate of drug-likeness (QED) is 0.431. The zero-order chi connectivity index (χ0) is 13.6. The van der Waals surface area contributed by atoms with E-state index in [0.29, 0.717) is 25.9 Å². The Bertz CT molecular complexity index is 229. The van der Waals surface area contributed by atoms with Crippen LogP contribution in [-0.4, -0.2) is 32.0 Å². The highest BCUT2D eigenvalue weighted by Gasteiger charge is 2.02. The van der Waals surface area contributed by atoms with Gasteiger partial charge in [0.1, 0.15) is 5.78 Å². The fraction of sp³-hybridized carbons (Fsp3) is 0.857. The van der Waals surface area contributed by atoms with E-state index in [4.69, 9.17) is 4.74 Å². The van der Waals surface area contributed by atoms with Crippen molar-refractivity contribution in [2.45, 2.75) is 58.3 Å². The first-order valence-electron chi connectivity index (χ1n) is 6.96. The molecule has 0 aliphatic rings. The summed E-state index contributed by atoms with van der Waals surface area (Å²) in [5.41, 5.74) is 0. The van der Waals surface area contributed by atoms with E-state index in [2.05, 4.69) is 5.32 Å². The monoisotopic (exact) mass is 257 g/mol. The Kier molecular flexibility index (Phi) is 11.9. The maximum Gasteiger partial charge on any atom is 0.302 e. The molecule has 0 aromatic rings. The van der Waals surface area contributed by atoms with E-state index < -0.39 is 0 Å². The normalized spacial score (nSPS) is 10.3. The van der Waals surface area contributed by atoms with Crippen molar-refractivity contribution in [3.63, 3.8) is 0 Å². The SMILES string of the molecule is CNCCCCCCCC(=O)CCCOC(C)=O. The predicted octanol–water partition coefficient (Wildman–Crippen LogP) is 2.46. The summed E-state index contributed by atoms with van der Waals surface area (Å²) < 4.78 is 4.78. The number of ketones is 1. The number of hydrogen-bond donors (Lipinski definition) is 1. The number of rotatable bonds is 12. The van der Waals surface area contributed by atoms with Gasteiger partial charge < -0.3 is 10.1 Å². The molecule has 0 bridgehead atoms. The van der Waals surface area contributed by atoms with Gasteiger partial charge in [0.2, 0.25) is 0 Å². The van der Waals surface area contributed by atoms with Gasteiger partial charge in [-0.3, -0.25) is 9.59 Å². The van der Waals surface area contributed by atoms with Crippen LogP contribution in [0.5, 0.6) is 0 Å². The second-order valence-electron chi connectivity index (χ2n) is 4.60. The fourth-order valence-corrected chi connectivity index (χ4v) is 1.76. The van der Waals surface area contributed by atoms with Crippen molar-refractivity contribution >= 4 is 11.8 Å². The standard InChI is InChI=1S/C14H27NO3/c1-13(16)18-12-8-10-14(17)9-6-4-3-5-7-11-15-2/h15H,3-12H2,1-2H3. The third-order valence-electron chi connectivity index (χ3n) is 2.79. The Labute approximate surface area is 110 Å². The molecular weight excluding hydrogens is 230 g/mol. The topological polar surface area (TPSA) is 55.4 Å². The number of ether oxygens (including phenoxy) is 1. The van der Waals surface area contributed by atoms with Gasteiger partial charge in [-0.25, -0.2) is 0 Å². The smallest absolute Gasteiger partial charge is 0.302 e. The average molecular weight is 257 g/mol. The summed E-state index contributed by atoms with van der Waals surface area (Å²) in [7, 11) is 1.97. The first kappa shape index (κ1) is 17.1. The van der Waals surface area contributed by atoms with Crippen LogP contribution in [0.1, 0.15) is 58.3 Å². The summed E-state index contributed by atoms with van der Waals surface area (Å²) in [4.78, 5) is 22.0. The predicted molar refractivity (Wildman–Crippen MR) is 72.5 cm³/mol. The molecule has 0 heterocycles. The minimum Gasteiger partial charge on any atom is -0.466 e. The molecule has 4 nitrogen and oxygen atoms in total. The van der Waals surface area contributed by atoms with Gasteiger partial charge in [0.25, 0.3) is 0 Å². The van der Waals surface area contributed by atoms with Crippen molar-refractivity contribution in [2.24, 2.45) is 0 Å². The zero-order valence-corrected chi connectivity index (χ0v) is 11.8. The van der Waals surface area contributed by atoms with Crippen LogP contribution in [0.15, 0.2) is 0 Å². The molecule has 0 aliphatic carbocycles. The first-order chi connectivity index (χ1) is 8.66. The van der Waals surface area contributed by atoms with Crippen molar-refractivity contribution in [3.05, 3.63) is 0 Å². The minimum atomic E-state index is -0.274. The molecule has 18 heavy (non-hydrogen) atoms. The third kappa shape index (κ3) is 13.2. The van der Waals surface area contributed by atoms with Crippen LogP contribution >= 0.6 is 0 Å². The summed E-state index contributed by atoms with van der Waals surface area (Å²) in [6.45, 7) is 2.83. The summed E-state index contributed by atoms with van der Waals surface area (Å²) in [6, 6.07) is 0. The van der Waals surface area contributed by atoms with Gasteiger partial charge >= 0.3 is 5.97 Å². The molecule has 0 amide bonds. The molecule has 0 unspecified atom stereocenters. The zero-order valence-electron chi connectivity index (χ0n) is 11.8. The highest BCUT2D eigenvalue weighted by molar-refractivity contribution is 5.78. The number of esters is 1. The van der Waals surface area contributed by atoms with E-state index >= 15 is 0 Å². The highest BCUT2D eigenvalue weighted by Crippen LogP contribution is 2.07. The molecular formula is C14H27NO3. The van der Waals surface area contributed by atoms with Crippen molar-refractivity contribution in [1.29, 1.82) is 0 Å². The summed E-state index contributed by atoms with van der Waals surface area (Å²) in [5.74, 6) is 0.0152. The lowest BCUT2D eigenvalue weighted by molar-refractivity contribution is -0.141. The average Bonchev–Trinajstić information content (AvgIpc) is 2.33. The van der Waals surface area contributed by atoms with Crippen LogP contribution in [-0.2, 0) is 14.3 Å². The Hall–Kier alpha value is -0.900. The van der Waals surface area contributed by atoms with Crippen molar-refractivity contribution in [2.75, 3.05) is 20.2 Å². The molecule has 0 atom stereocenters. The van der Waals surface area contributed by atoms with Crippen LogP contribution in [0.2, 0.25) is 0 Å². The van der Waals surface area contributed by atoms with Gasteiger partial charge in [-0.1, -0.05) is 19.3 Å². The highest BCUT2D eigenvalue weighted by atomic mass is 16.5. The van der Waals surface area contributed by atoms with E-state index in [1.807, 2.05) is 7.05 Å². The molecule has 0 saturated carbocycles. The summed E-state index contributed by atoms with van der Waals surface area (Å²) >= 11 is 0. The molecule has 0 aromatic heterocycles. The molecule has 0 aromatic carbocycles. The van der Waals surface area contributed by atoms with Gasteiger partial charge in [-0.05, 0) is 32.9 Å². The number of carbonyl (C=O) groups excluding carboxylic acids is 2. The Balaban J connectivity index is 3.19. The molecule has 106 valence electrons. The van der Waals surface area contributed by atoms with Gasteiger partial charge in [0.05, 0.1) is 6.61 Å². The summed E-state index contributed by atoms with van der Waals surface area (Å²) in [5, 5.41) is 3.12. The second kappa shape index (κ2) is 12.6. The van der Waals surface area contributed by atoms with Crippen LogP contribution in [0.25, 0.3) is 0 Å². The van der Waals surface area contributed by atoms with Gasteiger partial charge in [-0.15, -0.1) is 0 Å². The fourth-order valence-electron chi connectivity index (χ4n) is 1.76. The first-order valence-corrected chi connectivity index (χ1v) is 6.96. The summed E-state index contributed by atoms with van der Waals surface area (Å²) in [6.07, 6.45) is 7.65. The van der Waals surface area contributed by atoms with Crippen molar-refractivity contribution < 1.29 is 14.3 Å². The largest absolute Gasteiger partial charge is 0.466 e. The second-order valence-corrected chi connectivity index (χ2v) is 4.60. The van der Waals surface area contributed by atoms with Crippen LogP contribution in [0, 0.1) is 0 Å². The molecule has 0 rings (SSSR count). The van der Waals surface area contributed by atoms with Gasteiger partial charge in [-0.2, -0.15) is 0 Å². The van der Waals surface area contributed by atoms with Crippen LogP contribution in [0.3, 0.4) is 0 Å². The lowest BCUT2D eigenvalue weighted by atomic mass is 10.1. The molecule has 0 spiro atoms. The number of unbranched alkanes of at least 4 members (excludes halogenated alkanes) is 4. The van der Waals surface area contributed by atoms with Gasteiger partial charge in [0.15, 0.2) is 0 Å². The lowest BCUT2D eigenvalue weighted by Gasteiger charge is -2.03. The Morgan fingerprint density at radius 2 is 1.56 bits per heavy atom. The molecule has 0 aliphatic heterocycles. The molecule has 0 fully saturated rings. The Morgan fingerprint density at radius 1 is 0.944 bits per heavy atom.